The fourth-order valence-electron chi connectivity index (χ4n) is 3.13. The van der Waals surface area contributed by atoms with E-state index < -0.39 is 0 Å². The maximum atomic E-state index is 4.28. The van der Waals surface area contributed by atoms with Crippen LogP contribution in [-0.4, -0.2) is 20.1 Å². The SMILES string of the molecule is C=C(c1ccccc1)c1cccc([N+]2(C)CCCC2)c1. The molecule has 1 saturated heterocycles. The van der Waals surface area contributed by atoms with Gasteiger partial charge in [-0.25, -0.2) is 0 Å². The first-order chi connectivity index (χ1) is 9.69. The van der Waals surface area contributed by atoms with Gasteiger partial charge in [0.05, 0.1) is 20.1 Å². The number of hydrogen-bond acceptors (Lipinski definition) is 0. The van der Waals surface area contributed by atoms with E-state index in [2.05, 4.69) is 62.2 Å². The quantitative estimate of drug-likeness (QED) is 0.717. The Kier molecular flexibility index (Phi) is 3.45. The fourth-order valence-corrected chi connectivity index (χ4v) is 3.13. The summed E-state index contributed by atoms with van der Waals surface area (Å²) in [6, 6.07) is 19.3. The van der Waals surface area contributed by atoms with E-state index in [4.69, 9.17) is 0 Å². The summed E-state index contributed by atoms with van der Waals surface area (Å²) >= 11 is 0. The molecule has 2 aromatic carbocycles. The molecule has 0 saturated carbocycles. The smallest absolute Gasteiger partial charge is 0.133 e. The van der Waals surface area contributed by atoms with E-state index in [0.717, 1.165) is 10.1 Å². The molecule has 1 heteroatoms. The molecule has 0 amide bonds. The standard InChI is InChI=1S/C19H22N/c1-16(17-9-4-3-5-10-17)18-11-8-12-19(15-18)20(2)13-6-7-14-20/h3-5,8-12,15H,1,6-7,13-14H2,2H3/q+1. The Morgan fingerprint density at radius 3 is 2.25 bits per heavy atom. The molecule has 2 aromatic rings. The molecule has 1 nitrogen and oxygen atoms in total. The van der Waals surface area contributed by atoms with Crippen molar-refractivity contribution in [3.8, 4) is 0 Å². The zero-order chi connectivity index (χ0) is 14.0. The number of quaternary nitrogens is 1. The van der Waals surface area contributed by atoms with Crippen LogP contribution in [0.4, 0.5) is 5.69 Å². The molecule has 0 radical (unpaired) electrons. The van der Waals surface area contributed by atoms with E-state index >= 15 is 0 Å². The van der Waals surface area contributed by atoms with Gasteiger partial charge < -0.3 is 0 Å². The largest absolute Gasteiger partial charge is 0.294 e. The van der Waals surface area contributed by atoms with Crippen LogP contribution in [0.5, 0.6) is 0 Å². The van der Waals surface area contributed by atoms with E-state index in [1.165, 1.54) is 42.7 Å². The van der Waals surface area contributed by atoms with Crippen molar-refractivity contribution in [3.05, 3.63) is 72.3 Å². The van der Waals surface area contributed by atoms with Crippen molar-refractivity contribution >= 4 is 11.3 Å². The minimum absolute atomic E-state index is 1.07. The lowest BCUT2D eigenvalue weighted by atomic mass is 9.99. The summed E-state index contributed by atoms with van der Waals surface area (Å²) in [6.45, 7) is 6.78. The van der Waals surface area contributed by atoms with Crippen molar-refractivity contribution < 1.29 is 0 Å². The molecule has 0 bridgehead atoms. The maximum Gasteiger partial charge on any atom is 0.133 e. The van der Waals surface area contributed by atoms with Crippen LogP contribution in [0.25, 0.3) is 5.57 Å². The minimum atomic E-state index is 1.07. The molecular weight excluding hydrogens is 242 g/mol. The summed E-state index contributed by atoms with van der Waals surface area (Å²) < 4.78 is 1.07. The normalized spacial score (nSPS) is 17.1. The Labute approximate surface area is 121 Å². The Morgan fingerprint density at radius 2 is 1.55 bits per heavy atom. The second kappa shape index (κ2) is 5.26. The first-order valence-electron chi connectivity index (χ1n) is 7.39. The highest BCUT2D eigenvalue weighted by molar-refractivity contribution is 5.79. The average molecular weight is 264 g/mol. The van der Waals surface area contributed by atoms with Gasteiger partial charge in [-0.1, -0.05) is 49.0 Å². The third-order valence-corrected chi connectivity index (χ3v) is 4.49. The van der Waals surface area contributed by atoms with Gasteiger partial charge in [-0.05, 0) is 22.8 Å². The van der Waals surface area contributed by atoms with Crippen LogP contribution < -0.4 is 4.48 Å². The van der Waals surface area contributed by atoms with E-state index in [1.54, 1.807) is 0 Å². The van der Waals surface area contributed by atoms with E-state index in [-0.39, 0.29) is 0 Å². The van der Waals surface area contributed by atoms with Crippen LogP contribution in [0.2, 0.25) is 0 Å². The highest BCUT2D eigenvalue weighted by Gasteiger charge is 2.29. The van der Waals surface area contributed by atoms with Gasteiger partial charge in [-0.3, -0.25) is 4.48 Å². The average Bonchev–Trinajstić information content (AvgIpc) is 2.96. The monoisotopic (exact) mass is 264 g/mol. The maximum absolute atomic E-state index is 4.28. The molecule has 0 unspecified atom stereocenters. The van der Waals surface area contributed by atoms with E-state index in [9.17, 15) is 0 Å². The molecule has 0 N–H and O–H groups in total. The second-order valence-electron chi connectivity index (χ2n) is 5.95. The number of rotatable bonds is 3. The first kappa shape index (κ1) is 13.1. The van der Waals surface area contributed by atoms with Crippen molar-refractivity contribution in [3.63, 3.8) is 0 Å². The van der Waals surface area contributed by atoms with Gasteiger partial charge in [0, 0.05) is 18.9 Å². The van der Waals surface area contributed by atoms with Crippen LogP contribution in [0.1, 0.15) is 24.0 Å². The van der Waals surface area contributed by atoms with E-state index in [0.29, 0.717) is 0 Å². The molecule has 0 spiro atoms. The summed E-state index contributed by atoms with van der Waals surface area (Å²) in [5.41, 5.74) is 4.96. The van der Waals surface area contributed by atoms with Crippen molar-refractivity contribution in [2.24, 2.45) is 0 Å². The lowest BCUT2D eigenvalue weighted by Gasteiger charge is -2.29. The van der Waals surface area contributed by atoms with Crippen molar-refractivity contribution in [1.29, 1.82) is 0 Å². The van der Waals surface area contributed by atoms with E-state index in [1.807, 2.05) is 6.07 Å². The highest BCUT2D eigenvalue weighted by atomic mass is 15.3. The molecule has 102 valence electrons. The molecule has 1 heterocycles. The summed E-state index contributed by atoms with van der Waals surface area (Å²) in [7, 11) is 2.34. The van der Waals surface area contributed by atoms with Gasteiger partial charge in [0.2, 0.25) is 0 Å². The Hall–Kier alpha value is -1.86. The lowest BCUT2D eigenvalue weighted by molar-refractivity contribution is 0.406. The van der Waals surface area contributed by atoms with Gasteiger partial charge in [-0.15, -0.1) is 0 Å². The fraction of sp³-hybridized carbons (Fsp3) is 0.263. The van der Waals surface area contributed by atoms with Crippen LogP contribution >= 0.6 is 0 Å². The minimum Gasteiger partial charge on any atom is -0.294 e. The first-order valence-corrected chi connectivity index (χ1v) is 7.39. The zero-order valence-electron chi connectivity index (χ0n) is 12.2. The molecule has 3 rings (SSSR count). The summed E-state index contributed by atoms with van der Waals surface area (Å²) in [5.74, 6) is 0. The van der Waals surface area contributed by atoms with Crippen molar-refractivity contribution in [1.82, 2.24) is 4.48 Å². The molecule has 0 atom stereocenters. The van der Waals surface area contributed by atoms with Gasteiger partial charge in [0.15, 0.2) is 0 Å². The summed E-state index contributed by atoms with van der Waals surface area (Å²) in [6.07, 6.45) is 2.67. The predicted octanol–water partition coefficient (Wildman–Crippen LogP) is 4.48. The number of likely N-dealkylation sites (tertiary alicyclic amines) is 1. The van der Waals surface area contributed by atoms with Crippen LogP contribution in [-0.2, 0) is 0 Å². The zero-order valence-corrected chi connectivity index (χ0v) is 12.2. The molecule has 1 aliphatic heterocycles. The van der Waals surface area contributed by atoms with Crippen molar-refractivity contribution in [2.45, 2.75) is 12.8 Å². The number of hydrogen-bond donors (Lipinski definition) is 0. The molecule has 1 fully saturated rings. The third-order valence-electron chi connectivity index (χ3n) is 4.49. The van der Waals surface area contributed by atoms with Gasteiger partial charge in [0.1, 0.15) is 5.69 Å². The third kappa shape index (κ3) is 2.41. The summed E-state index contributed by atoms with van der Waals surface area (Å²) in [5, 5.41) is 0. The Balaban J connectivity index is 1.94. The van der Waals surface area contributed by atoms with Gasteiger partial charge >= 0.3 is 0 Å². The predicted molar refractivity (Wildman–Crippen MR) is 87.7 cm³/mol. The Morgan fingerprint density at radius 1 is 0.900 bits per heavy atom. The molecule has 0 aromatic heterocycles. The lowest BCUT2D eigenvalue weighted by Crippen LogP contribution is -2.41. The van der Waals surface area contributed by atoms with Crippen molar-refractivity contribution in [2.75, 3.05) is 20.1 Å². The van der Waals surface area contributed by atoms with Gasteiger partial charge in [0.25, 0.3) is 0 Å². The summed E-state index contributed by atoms with van der Waals surface area (Å²) in [4.78, 5) is 0. The van der Waals surface area contributed by atoms with Gasteiger partial charge in [-0.2, -0.15) is 0 Å². The van der Waals surface area contributed by atoms with Crippen LogP contribution in [0.3, 0.4) is 0 Å². The second-order valence-corrected chi connectivity index (χ2v) is 5.95. The van der Waals surface area contributed by atoms with Crippen LogP contribution in [0, 0.1) is 0 Å². The molecule has 1 aliphatic rings. The topological polar surface area (TPSA) is 0 Å². The van der Waals surface area contributed by atoms with Crippen LogP contribution in [0.15, 0.2) is 61.2 Å². The number of nitrogens with zero attached hydrogens (tertiary/aromatic N) is 1. The molecule has 20 heavy (non-hydrogen) atoms. The highest BCUT2D eigenvalue weighted by Crippen LogP contribution is 2.31. The number of benzene rings is 2. The Bertz CT molecular complexity index is 607. The molecular formula is C19H22N+. The molecule has 0 aliphatic carbocycles.